The van der Waals surface area contributed by atoms with E-state index in [1.165, 1.54) is 36.7 Å². The van der Waals surface area contributed by atoms with Crippen LogP contribution in [0.1, 0.15) is 37.3 Å². The molecule has 0 aliphatic rings. The van der Waals surface area contributed by atoms with E-state index < -0.39 is 22.9 Å². The zero-order valence-corrected chi connectivity index (χ0v) is 13.1. The number of aromatic nitrogens is 2. The minimum absolute atomic E-state index is 0.625. The Balaban J connectivity index is 0.00000102. The summed E-state index contributed by atoms with van der Waals surface area (Å²) < 4.78 is 1.31. The predicted molar refractivity (Wildman–Crippen MR) is 85.4 cm³/mol. The molecule has 0 N–H and O–H groups in total. The lowest BCUT2D eigenvalue weighted by Gasteiger charge is -2.04. The summed E-state index contributed by atoms with van der Waals surface area (Å²) in [5.41, 5.74) is -1.25. The second kappa shape index (κ2) is 10.0. The van der Waals surface area contributed by atoms with E-state index in [0.717, 1.165) is 12.1 Å². The molecule has 0 fully saturated rings. The first-order chi connectivity index (χ1) is 10.6. The van der Waals surface area contributed by atoms with Gasteiger partial charge in [-0.3, -0.25) is 19.2 Å². The number of hydrogen-bond donors (Lipinski definition) is 0. The van der Waals surface area contributed by atoms with Crippen molar-refractivity contribution in [2.75, 3.05) is 0 Å². The van der Waals surface area contributed by atoms with Crippen LogP contribution in [0, 0.1) is 0 Å². The van der Waals surface area contributed by atoms with Crippen molar-refractivity contribution in [3.05, 3.63) is 69.5 Å². The highest BCUT2D eigenvalue weighted by Gasteiger charge is 2.19. The summed E-state index contributed by atoms with van der Waals surface area (Å²) in [6, 6.07) is 8.09. The summed E-state index contributed by atoms with van der Waals surface area (Å²) in [6.07, 6.45) is 2.35. The van der Waals surface area contributed by atoms with Gasteiger partial charge in [0.2, 0.25) is 0 Å². The van der Waals surface area contributed by atoms with Gasteiger partial charge in [-0.1, -0.05) is 39.8 Å². The second-order valence-corrected chi connectivity index (χ2v) is 3.43. The van der Waals surface area contributed by atoms with E-state index in [-0.39, 0.29) is 0 Å². The van der Waals surface area contributed by atoms with Crippen LogP contribution in [0.15, 0.2) is 58.4 Å². The summed E-state index contributed by atoms with van der Waals surface area (Å²) in [5.74, 6) is -2.15. The Bertz CT molecular complexity index is 665. The quantitative estimate of drug-likeness (QED) is 0.698. The molecule has 0 saturated heterocycles. The molecular formula is C16H20N2O4. The Morgan fingerprint density at radius 1 is 0.682 bits per heavy atom. The lowest BCUT2D eigenvalue weighted by molar-refractivity contribution is 0.0710. The fraction of sp³-hybridized carbons (Fsp3) is 0.250. The maximum Gasteiger partial charge on any atom is 0.323 e. The minimum atomic E-state index is -1.08. The fourth-order valence-corrected chi connectivity index (χ4v) is 1.40. The first-order valence-corrected chi connectivity index (χ1v) is 7.05. The molecular weight excluding hydrogens is 284 g/mol. The number of nitrogens with zero attached hydrogens (tertiary/aromatic N) is 2. The summed E-state index contributed by atoms with van der Waals surface area (Å²) in [6.45, 7) is 8.00. The van der Waals surface area contributed by atoms with Crippen molar-refractivity contribution in [1.29, 1.82) is 0 Å². The molecule has 0 aliphatic heterocycles. The Morgan fingerprint density at radius 2 is 1.00 bits per heavy atom. The van der Waals surface area contributed by atoms with Crippen LogP contribution in [-0.2, 0) is 0 Å². The smallest absolute Gasteiger partial charge is 0.269 e. The molecule has 2 rings (SSSR count). The van der Waals surface area contributed by atoms with Gasteiger partial charge in [0, 0.05) is 24.5 Å². The maximum atomic E-state index is 11.8. The summed E-state index contributed by atoms with van der Waals surface area (Å²) in [5, 5.41) is 0. The summed E-state index contributed by atoms with van der Waals surface area (Å²) in [4.78, 5) is 46.3. The normalized spacial score (nSPS) is 8.73. The molecule has 0 amide bonds. The highest BCUT2D eigenvalue weighted by atomic mass is 16.2. The lowest BCUT2D eigenvalue weighted by atomic mass is 10.4. The van der Waals surface area contributed by atoms with E-state index in [1.54, 1.807) is 0 Å². The van der Waals surface area contributed by atoms with Crippen LogP contribution in [0.2, 0.25) is 0 Å². The van der Waals surface area contributed by atoms with E-state index in [2.05, 4.69) is 0 Å². The van der Waals surface area contributed by atoms with Gasteiger partial charge < -0.3 is 0 Å². The molecule has 2 aromatic heterocycles. The third kappa shape index (κ3) is 4.66. The number of hydrogen-bond acceptors (Lipinski definition) is 4. The number of carbonyl (C=O) groups excluding carboxylic acids is 2. The molecule has 0 aliphatic carbocycles. The van der Waals surface area contributed by atoms with Gasteiger partial charge in [0.05, 0.1) is 0 Å². The van der Waals surface area contributed by atoms with E-state index in [9.17, 15) is 19.2 Å². The first kappa shape index (κ1) is 19.2. The molecule has 118 valence electrons. The van der Waals surface area contributed by atoms with Crippen LogP contribution >= 0.6 is 0 Å². The summed E-state index contributed by atoms with van der Waals surface area (Å²) >= 11 is 0. The SMILES string of the molecule is CC.CC.O=C(C(=O)n1ccccc1=O)n1ccccc1=O. The zero-order valence-electron chi connectivity index (χ0n) is 13.1. The van der Waals surface area contributed by atoms with Crippen molar-refractivity contribution in [3.8, 4) is 0 Å². The Kier molecular flexibility index (Phi) is 8.78. The molecule has 0 atom stereocenters. The van der Waals surface area contributed by atoms with Crippen molar-refractivity contribution in [3.63, 3.8) is 0 Å². The van der Waals surface area contributed by atoms with Crippen molar-refractivity contribution < 1.29 is 9.59 Å². The molecule has 0 aromatic carbocycles. The molecule has 2 aromatic rings. The van der Waals surface area contributed by atoms with E-state index >= 15 is 0 Å². The molecule has 0 bridgehead atoms. The van der Waals surface area contributed by atoms with Crippen LogP contribution in [-0.4, -0.2) is 20.9 Å². The fourth-order valence-electron chi connectivity index (χ4n) is 1.40. The average Bonchev–Trinajstić information content (AvgIpc) is 2.58. The van der Waals surface area contributed by atoms with Crippen molar-refractivity contribution in [1.82, 2.24) is 9.13 Å². The molecule has 0 spiro atoms. The van der Waals surface area contributed by atoms with Gasteiger partial charge in [-0.15, -0.1) is 0 Å². The van der Waals surface area contributed by atoms with Crippen molar-refractivity contribution >= 4 is 11.8 Å². The highest BCUT2D eigenvalue weighted by molar-refractivity contribution is 6.36. The molecule has 0 radical (unpaired) electrons. The largest absolute Gasteiger partial charge is 0.323 e. The van der Waals surface area contributed by atoms with Gasteiger partial charge in [0.1, 0.15) is 0 Å². The Labute approximate surface area is 128 Å². The van der Waals surface area contributed by atoms with Gasteiger partial charge in [-0.05, 0) is 12.1 Å². The third-order valence-electron chi connectivity index (χ3n) is 2.27. The van der Waals surface area contributed by atoms with Crippen LogP contribution < -0.4 is 11.1 Å². The highest BCUT2D eigenvalue weighted by Crippen LogP contribution is 1.89. The molecule has 6 nitrogen and oxygen atoms in total. The number of pyridine rings is 2. The van der Waals surface area contributed by atoms with Crippen LogP contribution in [0.25, 0.3) is 0 Å². The molecule has 0 unspecified atom stereocenters. The monoisotopic (exact) mass is 304 g/mol. The van der Waals surface area contributed by atoms with E-state index in [4.69, 9.17) is 0 Å². The van der Waals surface area contributed by atoms with Crippen LogP contribution in [0.5, 0.6) is 0 Å². The first-order valence-electron chi connectivity index (χ1n) is 7.05. The Hall–Kier alpha value is -2.76. The van der Waals surface area contributed by atoms with Gasteiger partial charge in [0.15, 0.2) is 0 Å². The predicted octanol–water partition coefficient (Wildman–Crippen LogP) is 2.04. The van der Waals surface area contributed by atoms with Crippen LogP contribution in [0.4, 0.5) is 0 Å². The Morgan fingerprint density at radius 3 is 1.27 bits per heavy atom. The lowest BCUT2D eigenvalue weighted by Crippen LogP contribution is -2.38. The molecule has 2 heterocycles. The second-order valence-electron chi connectivity index (χ2n) is 3.43. The van der Waals surface area contributed by atoms with Gasteiger partial charge in [-0.25, -0.2) is 9.13 Å². The topological polar surface area (TPSA) is 78.1 Å². The molecule has 6 heteroatoms. The van der Waals surface area contributed by atoms with Crippen LogP contribution in [0.3, 0.4) is 0 Å². The zero-order chi connectivity index (χ0) is 17.1. The average molecular weight is 304 g/mol. The number of carbonyl (C=O) groups is 2. The maximum absolute atomic E-state index is 11.8. The van der Waals surface area contributed by atoms with Crippen molar-refractivity contribution in [2.24, 2.45) is 0 Å². The minimum Gasteiger partial charge on any atom is -0.269 e. The van der Waals surface area contributed by atoms with E-state index in [1.807, 2.05) is 27.7 Å². The van der Waals surface area contributed by atoms with E-state index in [0.29, 0.717) is 9.13 Å². The third-order valence-corrected chi connectivity index (χ3v) is 2.27. The summed E-state index contributed by atoms with van der Waals surface area (Å²) in [7, 11) is 0. The van der Waals surface area contributed by atoms with Gasteiger partial charge >= 0.3 is 11.8 Å². The standard InChI is InChI=1S/C12H8N2O4.2C2H6/c15-9-5-1-3-7-13(9)11(17)12(18)14-8-4-2-6-10(14)16;2*1-2/h1-8H;2*1-2H3. The molecule has 22 heavy (non-hydrogen) atoms. The van der Waals surface area contributed by atoms with Gasteiger partial charge in [-0.2, -0.15) is 0 Å². The number of rotatable bonds is 0. The molecule has 0 saturated carbocycles. The van der Waals surface area contributed by atoms with Gasteiger partial charge in [0.25, 0.3) is 11.1 Å². The van der Waals surface area contributed by atoms with Crippen molar-refractivity contribution in [2.45, 2.75) is 27.7 Å².